The third kappa shape index (κ3) is 4.66. The zero-order chi connectivity index (χ0) is 19.6. The van der Waals surface area contributed by atoms with E-state index < -0.39 is 16.1 Å². The lowest BCUT2D eigenvalue weighted by atomic mass is 10.2. The first-order chi connectivity index (χ1) is 12.7. The van der Waals surface area contributed by atoms with E-state index in [0.29, 0.717) is 23.2 Å². The van der Waals surface area contributed by atoms with Crippen molar-refractivity contribution in [1.82, 2.24) is 30.0 Å². The molecule has 27 heavy (non-hydrogen) atoms. The summed E-state index contributed by atoms with van der Waals surface area (Å²) in [5, 5.41) is 17.7. The van der Waals surface area contributed by atoms with Gasteiger partial charge in [-0.2, -0.15) is 4.68 Å². The molecule has 0 saturated carbocycles. The van der Waals surface area contributed by atoms with Gasteiger partial charge in [0.15, 0.2) is 9.84 Å². The van der Waals surface area contributed by atoms with Gasteiger partial charge in [0, 0.05) is 23.7 Å². The largest absolute Gasteiger partial charge is 0.374 e. The molecule has 0 radical (unpaired) electrons. The smallest absolute Gasteiger partial charge is 0.252 e. The Bertz CT molecular complexity index is 1060. The number of sulfone groups is 1. The molecular formula is C16H17ClN6O3S. The fourth-order valence-corrected chi connectivity index (χ4v) is 3.40. The van der Waals surface area contributed by atoms with Gasteiger partial charge in [-0.05, 0) is 36.8 Å². The fraction of sp³-hybridized carbons (Fsp3) is 0.250. The molecule has 2 heterocycles. The molecule has 0 aliphatic rings. The van der Waals surface area contributed by atoms with E-state index in [4.69, 9.17) is 11.6 Å². The molecule has 0 aliphatic carbocycles. The molecule has 0 saturated heterocycles. The summed E-state index contributed by atoms with van der Waals surface area (Å²) >= 11 is 5.98. The molecule has 0 fully saturated rings. The maximum atomic E-state index is 11.7. The molecule has 1 atom stereocenters. The Morgan fingerprint density at radius 1 is 1.26 bits per heavy atom. The minimum absolute atomic E-state index is 0.0301. The standard InChI is InChI=1S/C16H17ClN6O3S/c1-10-21-14(23(22-10)16-18-4-3-5-19-16)9-20-15(24)11-6-12(17)8-13(7-11)27(2,25)26/h3-8,15,20,24H,9H2,1-2H3. The molecule has 2 aromatic heterocycles. The highest BCUT2D eigenvalue weighted by Gasteiger charge is 2.16. The average molecular weight is 409 g/mol. The van der Waals surface area contributed by atoms with Crippen LogP contribution in [0.3, 0.4) is 0 Å². The molecule has 1 unspecified atom stereocenters. The SMILES string of the molecule is Cc1nc(CNC(O)c2cc(Cl)cc(S(C)(=O)=O)c2)n(-c2ncccn2)n1. The maximum Gasteiger partial charge on any atom is 0.252 e. The number of hydrogen-bond acceptors (Lipinski definition) is 8. The highest BCUT2D eigenvalue weighted by Crippen LogP contribution is 2.22. The van der Waals surface area contributed by atoms with Gasteiger partial charge < -0.3 is 5.11 Å². The highest BCUT2D eigenvalue weighted by atomic mass is 35.5. The lowest BCUT2D eigenvalue weighted by Gasteiger charge is -2.14. The van der Waals surface area contributed by atoms with Crippen molar-refractivity contribution in [3.8, 4) is 5.95 Å². The number of halogens is 1. The first-order valence-electron chi connectivity index (χ1n) is 7.86. The van der Waals surface area contributed by atoms with Gasteiger partial charge in [0.1, 0.15) is 17.9 Å². The minimum Gasteiger partial charge on any atom is -0.374 e. The monoisotopic (exact) mass is 408 g/mol. The second-order valence-corrected chi connectivity index (χ2v) is 8.26. The van der Waals surface area contributed by atoms with Crippen LogP contribution in [0.5, 0.6) is 0 Å². The van der Waals surface area contributed by atoms with Gasteiger partial charge >= 0.3 is 0 Å². The van der Waals surface area contributed by atoms with E-state index in [9.17, 15) is 13.5 Å². The summed E-state index contributed by atoms with van der Waals surface area (Å²) in [6.45, 7) is 1.87. The molecule has 0 aliphatic heterocycles. The Morgan fingerprint density at radius 3 is 2.63 bits per heavy atom. The number of nitrogens with one attached hydrogen (secondary N) is 1. The Labute approximate surface area is 161 Å². The lowest BCUT2D eigenvalue weighted by molar-refractivity contribution is 0.135. The van der Waals surface area contributed by atoms with Crippen LogP contribution in [0.15, 0.2) is 41.6 Å². The molecule has 142 valence electrons. The first kappa shape index (κ1) is 19.4. The van der Waals surface area contributed by atoms with Crippen molar-refractivity contribution in [3.63, 3.8) is 0 Å². The van der Waals surface area contributed by atoms with E-state index in [0.717, 1.165) is 6.26 Å². The molecule has 3 rings (SSSR count). The Balaban J connectivity index is 1.81. The zero-order valence-corrected chi connectivity index (χ0v) is 16.1. The number of nitrogens with zero attached hydrogens (tertiary/aromatic N) is 5. The summed E-state index contributed by atoms with van der Waals surface area (Å²) in [5.41, 5.74) is 0.321. The third-order valence-corrected chi connectivity index (χ3v) is 4.92. The van der Waals surface area contributed by atoms with E-state index in [1.807, 2.05) is 0 Å². The zero-order valence-electron chi connectivity index (χ0n) is 14.5. The van der Waals surface area contributed by atoms with Crippen molar-refractivity contribution in [2.45, 2.75) is 24.6 Å². The van der Waals surface area contributed by atoms with Crippen molar-refractivity contribution >= 4 is 21.4 Å². The van der Waals surface area contributed by atoms with Crippen molar-refractivity contribution in [1.29, 1.82) is 0 Å². The number of aryl methyl sites for hydroxylation is 1. The molecule has 1 aromatic carbocycles. The summed E-state index contributed by atoms with van der Waals surface area (Å²) in [4.78, 5) is 12.6. The van der Waals surface area contributed by atoms with Crippen LogP contribution < -0.4 is 5.32 Å². The van der Waals surface area contributed by atoms with Crippen molar-refractivity contribution in [3.05, 3.63) is 58.9 Å². The number of aliphatic hydroxyl groups excluding tert-OH is 1. The van der Waals surface area contributed by atoms with Crippen LogP contribution in [0, 0.1) is 6.92 Å². The molecule has 3 aromatic rings. The van der Waals surface area contributed by atoms with Crippen LogP contribution in [0.1, 0.15) is 23.4 Å². The summed E-state index contributed by atoms with van der Waals surface area (Å²) in [5.74, 6) is 1.37. The second kappa shape index (κ2) is 7.69. The van der Waals surface area contributed by atoms with Gasteiger partial charge in [0.25, 0.3) is 5.95 Å². The summed E-state index contributed by atoms with van der Waals surface area (Å²) in [7, 11) is -3.45. The van der Waals surface area contributed by atoms with E-state index >= 15 is 0 Å². The number of benzene rings is 1. The Hall–Kier alpha value is -2.40. The maximum absolute atomic E-state index is 11.7. The van der Waals surface area contributed by atoms with Gasteiger partial charge in [0.2, 0.25) is 0 Å². The minimum atomic E-state index is -3.45. The number of hydrogen-bond donors (Lipinski definition) is 2. The summed E-state index contributed by atoms with van der Waals surface area (Å²) < 4.78 is 25.0. The van der Waals surface area contributed by atoms with Gasteiger partial charge in [-0.25, -0.2) is 23.4 Å². The topological polar surface area (TPSA) is 123 Å². The van der Waals surface area contributed by atoms with Crippen LogP contribution in [0.25, 0.3) is 5.95 Å². The quantitative estimate of drug-likeness (QED) is 0.583. The molecule has 11 heteroatoms. The van der Waals surface area contributed by atoms with Crippen molar-refractivity contribution in [2.75, 3.05) is 6.26 Å². The lowest BCUT2D eigenvalue weighted by Crippen LogP contribution is -2.23. The molecular weight excluding hydrogens is 392 g/mol. The van der Waals surface area contributed by atoms with E-state index in [1.54, 1.807) is 25.4 Å². The Morgan fingerprint density at radius 2 is 1.96 bits per heavy atom. The summed E-state index contributed by atoms with van der Waals surface area (Å²) in [6, 6.07) is 5.88. The predicted octanol–water partition coefficient (Wildman–Crippen LogP) is 1.20. The molecule has 9 nitrogen and oxygen atoms in total. The number of aromatic nitrogens is 5. The van der Waals surface area contributed by atoms with Crippen LogP contribution in [0.2, 0.25) is 5.02 Å². The van der Waals surface area contributed by atoms with Gasteiger partial charge in [-0.15, -0.1) is 5.10 Å². The van der Waals surface area contributed by atoms with Gasteiger partial charge in [-0.1, -0.05) is 11.6 Å². The van der Waals surface area contributed by atoms with Crippen LogP contribution in [0.4, 0.5) is 0 Å². The second-order valence-electron chi connectivity index (χ2n) is 5.81. The fourth-order valence-electron chi connectivity index (χ4n) is 2.40. The van der Waals surface area contributed by atoms with Crippen LogP contribution in [-0.2, 0) is 16.4 Å². The predicted molar refractivity (Wildman–Crippen MR) is 98.0 cm³/mol. The van der Waals surface area contributed by atoms with E-state index in [-0.39, 0.29) is 16.5 Å². The molecule has 0 bridgehead atoms. The normalized spacial score (nSPS) is 12.9. The number of aliphatic hydroxyl groups is 1. The van der Waals surface area contributed by atoms with Crippen LogP contribution in [-0.4, -0.2) is 44.5 Å². The average Bonchev–Trinajstić information content (AvgIpc) is 3.00. The summed E-state index contributed by atoms with van der Waals surface area (Å²) in [6.07, 6.45) is 3.09. The number of rotatable bonds is 6. The molecule has 0 amide bonds. The van der Waals surface area contributed by atoms with E-state index in [1.165, 1.54) is 22.9 Å². The highest BCUT2D eigenvalue weighted by molar-refractivity contribution is 7.90. The molecule has 2 N–H and O–H groups in total. The van der Waals surface area contributed by atoms with Crippen molar-refractivity contribution < 1.29 is 13.5 Å². The third-order valence-electron chi connectivity index (χ3n) is 3.61. The van der Waals surface area contributed by atoms with E-state index in [2.05, 4.69) is 25.4 Å². The molecule has 0 spiro atoms. The van der Waals surface area contributed by atoms with Crippen LogP contribution >= 0.6 is 11.6 Å². The Kier molecular flexibility index (Phi) is 5.51. The van der Waals surface area contributed by atoms with Crippen molar-refractivity contribution in [2.24, 2.45) is 0 Å². The first-order valence-corrected chi connectivity index (χ1v) is 10.1. The van der Waals surface area contributed by atoms with Gasteiger partial charge in [0.05, 0.1) is 11.4 Å². The van der Waals surface area contributed by atoms with Gasteiger partial charge in [-0.3, -0.25) is 5.32 Å².